The first-order valence-corrected chi connectivity index (χ1v) is 8.16. The molecule has 0 saturated heterocycles. The van der Waals surface area contributed by atoms with Gasteiger partial charge in [0.25, 0.3) is 0 Å². The van der Waals surface area contributed by atoms with E-state index >= 15 is 0 Å². The summed E-state index contributed by atoms with van der Waals surface area (Å²) in [6.45, 7) is 5.41. The molecule has 6 nitrogen and oxygen atoms in total. The maximum absolute atomic E-state index is 5.25. The number of hydrogen-bond donors (Lipinski definition) is 2. The van der Waals surface area contributed by atoms with Gasteiger partial charge in [0.2, 0.25) is 0 Å². The summed E-state index contributed by atoms with van der Waals surface area (Å²) < 4.78 is 7.06. The topological polar surface area (TPSA) is 63.5 Å². The fourth-order valence-corrected chi connectivity index (χ4v) is 2.85. The fraction of sp³-hybridized carbons (Fsp3) is 0.750. The number of aromatic nitrogens is 2. The first-order chi connectivity index (χ1) is 10.7. The van der Waals surface area contributed by atoms with Gasteiger partial charge >= 0.3 is 0 Å². The first-order valence-electron chi connectivity index (χ1n) is 8.16. The summed E-state index contributed by atoms with van der Waals surface area (Å²) in [4.78, 5) is 4.65. The predicted molar refractivity (Wildman–Crippen MR) is 104 cm³/mol. The Bertz CT molecular complexity index is 485. The molecule has 0 aromatic carbocycles. The average Bonchev–Trinajstić information content (AvgIpc) is 2.88. The standard InChI is InChI=1S/C16H29N5O.HI/c1-4-17-15(18-10-14-11-20-21(2)12-14)19-13-16(6-5-7-16)8-9-22-3;/h11-12H,4-10,13H2,1-3H3,(H2,17,18,19);1H. The molecule has 132 valence electrons. The molecule has 0 atom stereocenters. The summed E-state index contributed by atoms with van der Waals surface area (Å²) in [5.41, 5.74) is 1.51. The van der Waals surface area contributed by atoms with Crippen LogP contribution in [0.25, 0.3) is 0 Å². The van der Waals surface area contributed by atoms with Crippen molar-refractivity contribution in [1.82, 2.24) is 20.4 Å². The molecule has 23 heavy (non-hydrogen) atoms. The van der Waals surface area contributed by atoms with E-state index in [0.29, 0.717) is 12.0 Å². The highest BCUT2D eigenvalue weighted by Crippen LogP contribution is 2.43. The van der Waals surface area contributed by atoms with Crippen LogP contribution in [0.5, 0.6) is 0 Å². The summed E-state index contributed by atoms with van der Waals surface area (Å²) in [6, 6.07) is 0. The summed E-state index contributed by atoms with van der Waals surface area (Å²) in [5.74, 6) is 0.884. The van der Waals surface area contributed by atoms with Crippen molar-refractivity contribution >= 4 is 29.9 Å². The van der Waals surface area contributed by atoms with Crippen LogP contribution in [-0.2, 0) is 18.3 Å². The van der Waals surface area contributed by atoms with Gasteiger partial charge in [-0.15, -0.1) is 24.0 Å². The second-order valence-electron chi connectivity index (χ2n) is 6.17. The quantitative estimate of drug-likeness (QED) is 0.374. The number of guanidine groups is 1. The van der Waals surface area contributed by atoms with E-state index in [1.165, 1.54) is 19.3 Å². The van der Waals surface area contributed by atoms with Gasteiger partial charge < -0.3 is 15.4 Å². The minimum Gasteiger partial charge on any atom is -0.385 e. The zero-order chi connectivity index (χ0) is 15.8. The molecule has 1 saturated carbocycles. The number of hydrogen-bond acceptors (Lipinski definition) is 3. The summed E-state index contributed by atoms with van der Waals surface area (Å²) in [5, 5.41) is 11.0. The molecule has 1 aromatic heterocycles. The van der Waals surface area contributed by atoms with Crippen LogP contribution in [0.1, 0.15) is 38.2 Å². The first kappa shape index (κ1) is 20.2. The van der Waals surface area contributed by atoms with Crippen molar-refractivity contribution in [2.45, 2.75) is 39.2 Å². The van der Waals surface area contributed by atoms with Crippen molar-refractivity contribution in [3.8, 4) is 0 Å². The summed E-state index contributed by atoms with van der Waals surface area (Å²) in [6.07, 6.45) is 8.88. The van der Waals surface area contributed by atoms with Crippen molar-refractivity contribution in [2.75, 3.05) is 26.8 Å². The Balaban J connectivity index is 0.00000264. The Morgan fingerprint density at radius 1 is 1.43 bits per heavy atom. The van der Waals surface area contributed by atoms with Gasteiger partial charge in [-0.2, -0.15) is 5.10 Å². The van der Waals surface area contributed by atoms with Crippen molar-refractivity contribution in [3.05, 3.63) is 18.0 Å². The molecule has 2 N–H and O–H groups in total. The van der Waals surface area contributed by atoms with E-state index in [4.69, 9.17) is 4.74 Å². The second kappa shape index (κ2) is 10.1. The molecule has 0 bridgehead atoms. The third kappa shape index (κ3) is 6.29. The molecule has 0 amide bonds. The van der Waals surface area contributed by atoms with Crippen molar-refractivity contribution in [2.24, 2.45) is 17.5 Å². The Morgan fingerprint density at radius 2 is 2.22 bits per heavy atom. The van der Waals surface area contributed by atoms with Gasteiger partial charge in [-0.05, 0) is 31.6 Å². The van der Waals surface area contributed by atoms with Crippen molar-refractivity contribution in [1.29, 1.82) is 0 Å². The van der Waals surface area contributed by atoms with E-state index in [2.05, 4.69) is 27.6 Å². The smallest absolute Gasteiger partial charge is 0.191 e. The molecule has 1 aliphatic rings. The van der Waals surface area contributed by atoms with Gasteiger partial charge in [0, 0.05) is 45.6 Å². The summed E-state index contributed by atoms with van der Waals surface area (Å²) in [7, 11) is 3.70. The molecule has 2 rings (SSSR count). The van der Waals surface area contributed by atoms with E-state index in [9.17, 15) is 0 Å². The van der Waals surface area contributed by atoms with Crippen LogP contribution in [0.3, 0.4) is 0 Å². The highest BCUT2D eigenvalue weighted by atomic mass is 127. The van der Waals surface area contributed by atoms with Crippen LogP contribution in [0.2, 0.25) is 0 Å². The molecule has 1 aromatic rings. The number of halogens is 1. The average molecular weight is 435 g/mol. The lowest BCUT2D eigenvalue weighted by Gasteiger charge is -2.42. The van der Waals surface area contributed by atoms with Crippen molar-refractivity contribution in [3.63, 3.8) is 0 Å². The third-order valence-corrected chi connectivity index (χ3v) is 4.40. The predicted octanol–water partition coefficient (Wildman–Crippen LogP) is 2.30. The Hall–Kier alpha value is -0.830. The molecule has 1 fully saturated rings. The maximum atomic E-state index is 5.25. The zero-order valence-corrected chi connectivity index (χ0v) is 16.8. The largest absolute Gasteiger partial charge is 0.385 e. The van der Waals surface area contributed by atoms with Crippen LogP contribution < -0.4 is 10.6 Å². The van der Waals surface area contributed by atoms with Crippen molar-refractivity contribution < 1.29 is 4.74 Å². The third-order valence-electron chi connectivity index (χ3n) is 4.40. The fourth-order valence-electron chi connectivity index (χ4n) is 2.85. The van der Waals surface area contributed by atoms with Gasteiger partial charge in [0.05, 0.1) is 12.7 Å². The normalized spacial score (nSPS) is 16.4. The van der Waals surface area contributed by atoms with Gasteiger partial charge in [-0.1, -0.05) is 6.42 Å². The molecule has 7 heteroatoms. The Labute approximate surface area is 156 Å². The van der Waals surface area contributed by atoms with Gasteiger partial charge in [0.15, 0.2) is 5.96 Å². The minimum atomic E-state index is 0. The lowest BCUT2D eigenvalue weighted by atomic mass is 9.67. The van der Waals surface area contributed by atoms with Gasteiger partial charge in [-0.25, -0.2) is 4.99 Å². The highest BCUT2D eigenvalue weighted by Gasteiger charge is 2.36. The molecule has 0 aliphatic heterocycles. The van der Waals surface area contributed by atoms with Crippen LogP contribution in [0, 0.1) is 5.41 Å². The highest BCUT2D eigenvalue weighted by molar-refractivity contribution is 14.0. The Kier molecular flexibility index (Phi) is 8.90. The van der Waals surface area contributed by atoms with Crippen LogP contribution in [0.15, 0.2) is 17.4 Å². The molecule has 1 aliphatic carbocycles. The van der Waals surface area contributed by atoms with E-state index in [-0.39, 0.29) is 24.0 Å². The van der Waals surface area contributed by atoms with E-state index in [1.807, 2.05) is 19.4 Å². The maximum Gasteiger partial charge on any atom is 0.191 e. The van der Waals surface area contributed by atoms with E-state index < -0.39 is 0 Å². The number of nitrogens with one attached hydrogen (secondary N) is 2. The van der Waals surface area contributed by atoms with Crippen LogP contribution in [0.4, 0.5) is 0 Å². The lowest BCUT2D eigenvalue weighted by Crippen LogP contribution is -2.46. The second-order valence-corrected chi connectivity index (χ2v) is 6.17. The SMILES string of the molecule is CCNC(=NCc1cnn(C)c1)NCC1(CCOC)CCC1.I. The number of methoxy groups -OCH3 is 1. The molecular weight excluding hydrogens is 405 g/mol. The van der Waals surface area contributed by atoms with Crippen LogP contribution in [-0.4, -0.2) is 42.5 Å². The lowest BCUT2D eigenvalue weighted by molar-refractivity contribution is 0.0732. The number of rotatable bonds is 8. The van der Waals surface area contributed by atoms with Crippen LogP contribution >= 0.6 is 24.0 Å². The summed E-state index contributed by atoms with van der Waals surface area (Å²) >= 11 is 0. The van der Waals surface area contributed by atoms with E-state index in [0.717, 1.165) is 37.6 Å². The molecule has 0 spiro atoms. The number of aryl methyl sites for hydroxylation is 1. The minimum absolute atomic E-state index is 0. The molecule has 0 radical (unpaired) electrons. The Morgan fingerprint density at radius 3 is 2.74 bits per heavy atom. The number of ether oxygens (including phenoxy) is 1. The van der Waals surface area contributed by atoms with E-state index in [1.54, 1.807) is 11.8 Å². The monoisotopic (exact) mass is 435 g/mol. The molecular formula is C16H30IN5O. The number of nitrogens with zero attached hydrogens (tertiary/aromatic N) is 3. The molecule has 0 unspecified atom stereocenters. The zero-order valence-electron chi connectivity index (χ0n) is 14.5. The van der Waals surface area contributed by atoms with Gasteiger partial charge in [-0.3, -0.25) is 4.68 Å². The van der Waals surface area contributed by atoms with Gasteiger partial charge in [0.1, 0.15) is 0 Å². The number of aliphatic imine (C=N–C) groups is 1. The molecule has 1 heterocycles.